The van der Waals surface area contributed by atoms with Gasteiger partial charge in [0, 0.05) is 6.61 Å². The molecule has 2 aliphatic carbocycles. The number of benzene rings is 1. The topological polar surface area (TPSA) is 9.23 Å². The van der Waals surface area contributed by atoms with Crippen molar-refractivity contribution in [2.75, 3.05) is 6.61 Å². The van der Waals surface area contributed by atoms with Crippen molar-refractivity contribution in [2.45, 2.75) is 64.4 Å². The van der Waals surface area contributed by atoms with Crippen molar-refractivity contribution in [3.63, 3.8) is 0 Å². The molecule has 0 bridgehead atoms. The molecule has 0 N–H and O–H groups in total. The Morgan fingerprint density at radius 2 is 1.67 bits per heavy atom. The predicted molar refractivity (Wildman–Crippen MR) is 88.4 cm³/mol. The van der Waals surface area contributed by atoms with E-state index in [1.165, 1.54) is 38.5 Å². The number of hydrogen-bond acceptors (Lipinski definition) is 1. The maximum Gasteiger partial charge on any atom is 0.0519 e. The molecule has 2 aliphatic rings. The molecular formula is C20H30O. The average Bonchev–Trinajstić information content (AvgIpc) is 2.53. The first-order valence-electron chi connectivity index (χ1n) is 8.89. The van der Waals surface area contributed by atoms with E-state index >= 15 is 0 Å². The van der Waals surface area contributed by atoms with Crippen LogP contribution in [0.25, 0.3) is 0 Å². The fourth-order valence-corrected chi connectivity index (χ4v) is 4.49. The van der Waals surface area contributed by atoms with Gasteiger partial charge in [0.2, 0.25) is 0 Å². The van der Waals surface area contributed by atoms with Gasteiger partial charge in [0.05, 0.1) is 6.10 Å². The van der Waals surface area contributed by atoms with Gasteiger partial charge in [-0.3, -0.25) is 0 Å². The van der Waals surface area contributed by atoms with Crippen LogP contribution in [0.2, 0.25) is 0 Å². The summed E-state index contributed by atoms with van der Waals surface area (Å²) in [4.78, 5) is 0. The molecule has 0 aromatic heterocycles. The van der Waals surface area contributed by atoms with Crippen LogP contribution in [-0.4, -0.2) is 12.7 Å². The highest BCUT2D eigenvalue weighted by Crippen LogP contribution is 2.47. The van der Waals surface area contributed by atoms with Gasteiger partial charge in [-0.2, -0.15) is 0 Å². The number of ether oxygens (including phenoxy) is 1. The molecule has 21 heavy (non-hydrogen) atoms. The second kappa shape index (κ2) is 6.96. The molecule has 4 atom stereocenters. The molecule has 2 saturated carbocycles. The summed E-state index contributed by atoms with van der Waals surface area (Å²) in [5.41, 5.74) is 1.57. The molecule has 0 aliphatic heterocycles. The summed E-state index contributed by atoms with van der Waals surface area (Å²) >= 11 is 0. The van der Waals surface area contributed by atoms with E-state index in [-0.39, 0.29) is 0 Å². The molecule has 1 heteroatoms. The molecule has 4 unspecified atom stereocenters. The van der Waals surface area contributed by atoms with E-state index in [2.05, 4.69) is 44.2 Å². The fourth-order valence-electron chi connectivity index (χ4n) is 4.49. The van der Waals surface area contributed by atoms with Crippen molar-refractivity contribution < 1.29 is 4.74 Å². The lowest BCUT2D eigenvalue weighted by atomic mass is 9.64. The second-order valence-corrected chi connectivity index (χ2v) is 7.50. The summed E-state index contributed by atoms with van der Waals surface area (Å²) in [5.74, 6) is 3.58. The highest BCUT2D eigenvalue weighted by molar-refractivity contribution is 5.20. The standard InChI is InChI=1S/C20H30O/c1-15(2)21-14-16-8-9-20-13-19(11-10-18(20)12-16)17-6-4-3-5-7-17/h3-7,15-16,18-20H,8-14H2,1-2H3. The summed E-state index contributed by atoms with van der Waals surface area (Å²) in [6, 6.07) is 11.2. The lowest BCUT2D eigenvalue weighted by Crippen LogP contribution is -2.32. The third kappa shape index (κ3) is 3.88. The molecule has 0 radical (unpaired) electrons. The first kappa shape index (κ1) is 15.1. The molecule has 2 fully saturated rings. The summed E-state index contributed by atoms with van der Waals surface area (Å²) in [5, 5.41) is 0. The fraction of sp³-hybridized carbons (Fsp3) is 0.700. The van der Waals surface area contributed by atoms with Crippen LogP contribution in [0.15, 0.2) is 30.3 Å². The molecule has 116 valence electrons. The van der Waals surface area contributed by atoms with E-state index < -0.39 is 0 Å². The predicted octanol–water partition coefficient (Wildman–Crippen LogP) is 5.41. The Bertz CT molecular complexity index is 425. The minimum absolute atomic E-state index is 0.386. The maximum absolute atomic E-state index is 5.85. The Kier molecular flexibility index (Phi) is 5.00. The van der Waals surface area contributed by atoms with Crippen LogP contribution in [0.1, 0.15) is 63.9 Å². The van der Waals surface area contributed by atoms with Crippen molar-refractivity contribution in [2.24, 2.45) is 17.8 Å². The molecule has 1 aromatic carbocycles. The SMILES string of the molecule is CC(C)OCC1CCC2CC(c3ccccc3)CCC2C1. The molecule has 1 aromatic rings. The highest BCUT2D eigenvalue weighted by Gasteiger charge is 2.35. The number of rotatable bonds is 4. The first-order chi connectivity index (χ1) is 10.2. The lowest BCUT2D eigenvalue weighted by Gasteiger charge is -2.42. The third-order valence-corrected chi connectivity index (χ3v) is 5.66. The molecule has 1 nitrogen and oxygen atoms in total. The minimum atomic E-state index is 0.386. The van der Waals surface area contributed by atoms with Gasteiger partial charge < -0.3 is 4.74 Å². The van der Waals surface area contributed by atoms with Crippen LogP contribution in [0.4, 0.5) is 0 Å². The first-order valence-corrected chi connectivity index (χ1v) is 8.89. The molecular weight excluding hydrogens is 256 g/mol. The minimum Gasteiger partial charge on any atom is -0.379 e. The Hall–Kier alpha value is -0.820. The van der Waals surface area contributed by atoms with Crippen molar-refractivity contribution in [3.8, 4) is 0 Å². The van der Waals surface area contributed by atoms with Crippen LogP contribution in [0.3, 0.4) is 0 Å². The molecule has 0 saturated heterocycles. The third-order valence-electron chi connectivity index (χ3n) is 5.66. The van der Waals surface area contributed by atoms with Crippen LogP contribution < -0.4 is 0 Å². The highest BCUT2D eigenvalue weighted by atomic mass is 16.5. The zero-order valence-electron chi connectivity index (χ0n) is 13.6. The lowest BCUT2D eigenvalue weighted by molar-refractivity contribution is 0.0160. The van der Waals surface area contributed by atoms with E-state index in [9.17, 15) is 0 Å². The van der Waals surface area contributed by atoms with Gasteiger partial charge in [-0.25, -0.2) is 0 Å². The van der Waals surface area contributed by atoms with Crippen LogP contribution in [-0.2, 0) is 4.74 Å². The van der Waals surface area contributed by atoms with Gasteiger partial charge in [-0.1, -0.05) is 30.3 Å². The van der Waals surface area contributed by atoms with E-state index in [1.807, 2.05) is 0 Å². The van der Waals surface area contributed by atoms with Crippen molar-refractivity contribution in [3.05, 3.63) is 35.9 Å². The molecule has 3 rings (SSSR count). The van der Waals surface area contributed by atoms with Gasteiger partial charge in [0.1, 0.15) is 0 Å². The normalized spacial score (nSPS) is 32.9. The van der Waals surface area contributed by atoms with Gasteiger partial charge in [-0.15, -0.1) is 0 Å². The van der Waals surface area contributed by atoms with Crippen molar-refractivity contribution in [1.29, 1.82) is 0 Å². The summed E-state index contributed by atoms with van der Waals surface area (Å²) < 4.78 is 5.85. The Labute approximate surface area is 130 Å². The van der Waals surface area contributed by atoms with E-state index in [0.29, 0.717) is 6.10 Å². The van der Waals surface area contributed by atoms with Crippen LogP contribution in [0, 0.1) is 17.8 Å². The van der Waals surface area contributed by atoms with Crippen LogP contribution >= 0.6 is 0 Å². The smallest absolute Gasteiger partial charge is 0.0519 e. The maximum atomic E-state index is 5.85. The van der Waals surface area contributed by atoms with Gasteiger partial charge in [-0.05, 0) is 81.6 Å². The molecule has 0 heterocycles. The van der Waals surface area contributed by atoms with Gasteiger partial charge >= 0.3 is 0 Å². The zero-order valence-corrected chi connectivity index (χ0v) is 13.6. The van der Waals surface area contributed by atoms with Crippen LogP contribution in [0.5, 0.6) is 0 Å². The number of hydrogen-bond donors (Lipinski definition) is 0. The largest absolute Gasteiger partial charge is 0.379 e. The Morgan fingerprint density at radius 3 is 2.43 bits per heavy atom. The average molecular weight is 286 g/mol. The van der Waals surface area contributed by atoms with Crippen molar-refractivity contribution >= 4 is 0 Å². The molecule has 0 spiro atoms. The monoisotopic (exact) mass is 286 g/mol. The Morgan fingerprint density at radius 1 is 0.952 bits per heavy atom. The quantitative estimate of drug-likeness (QED) is 0.719. The number of fused-ring (bicyclic) bond motifs is 1. The summed E-state index contributed by atoms with van der Waals surface area (Å²) in [6.07, 6.45) is 8.86. The van der Waals surface area contributed by atoms with Gasteiger partial charge in [0.15, 0.2) is 0 Å². The van der Waals surface area contributed by atoms with E-state index in [1.54, 1.807) is 5.56 Å². The molecule has 0 amide bonds. The summed E-state index contributed by atoms with van der Waals surface area (Å²) in [6.45, 7) is 5.29. The summed E-state index contributed by atoms with van der Waals surface area (Å²) in [7, 11) is 0. The van der Waals surface area contributed by atoms with Gasteiger partial charge in [0.25, 0.3) is 0 Å². The second-order valence-electron chi connectivity index (χ2n) is 7.50. The van der Waals surface area contributed by atoms with E-state index in [4.69, 9.17) is 4.74 Å². The zero-order chi connectivity index (χ0) is 14.7. The van der Waals surface area contributed by atoms with E-state index in [0.717, 1.165) is 30.3 Å². The Balaban J connectivity index is 1.53. The van der Waals surface area contributed by atoms with Crippen molar-refractivity contribution in [1.82, 2.24) is 0 Å².